The van der Waals surface area contributed by atoms with Crippen LogP contribution in [-0.4, -0.2) is 30.2 Å². The summed E-state index contributed by atoms with van der Waals surface area (Å²) in [6, 6.07) is 4.58. The van der Waals surface area contributed by atoms with Gasteiger partial charge < -0.3 is 10.3 Å². The molecule has 2 N–H and O–H groups in total. The van der Waals surface area contributed by atoms with Crippen LogP contribution in [0.15, 0.2) is 18.2 Å². The van der Waals surface area contributed by atoms with Crippen LogP contribution in [0.1, 0.15) is 37.0 Å². The predicted octanol–water partition coefficient (Wildman–Crippen LogP) is 3.71. The number of rotatable bonds is 8. The van der Waals surface area contributed by atoms with Gasteiger partial charge in [0.15, 0.2) is 5.78 Å². The molecule has 7 heteroatoms. The van der Waals surface area contributed by atoms with Gasteiger partial charge in [0.1, 0.15) is 0 Å². The van der Waals surface area contributed by atoms with Crippen molar-refractivity contribution in [3.8, 4) is 0 Å². The highest BCUT2D eigenvalue weighted by molar-refractivity contribution is 6.50. The number of ketones is 1. The molecule has 1 aromatic rings. The van der Waals surface area contributed by atoms with Crippen LogP contribution in [-0.2, 0) is 4.79 Å². The number of carbonyl (C=O) groups excluding carboxylic acids is 2. The molecule has 0 aliphatic rings. The van der Waals surface area contributed by atoms with E-state index in [1.807, 2.05) is 13.8 Å². The second-order valence-electron chi connectivity index (χ2n) is 6.18. The Morgan fingerprint density at radius 1 is 1.30 bits per heavy atom. The molecule has 0 saturated heterocycles. The molecule has 0 bridgehead atoms. The smallest absolute Gasteiger partial charge is 0.289 e. The molecule has 0 heterocycles. The van der Waals surface area contributed by atoms with Gasteiger partial charge in [-0.05, 0) is 29.9 Å². The van der Waals surface area contributed by atoms with Gasteiger partial charge in [0.2, 0.25) is 0 Å². The minimum Gasteiger partial charge on any atom is -0.450 e. The average Bonchev–Trinajstić information content (AvgIpc) is 2.46. The van der Waals surface area contributed by atoms with Gasteiger partial charge in [-0.2, -0.15) is 0 Å². The topological polar surface area (TPSA) is 66.4 Å². The zero-order valence-corrected chi connectivity index (χ0v) is 15.1. The Kier molecular flexibility index (Phi) is 8.10. The van der Waals surface area contributed by atoms with Crippen LogP contribution in [0.25, 0.3) is 0 Å². The van der Waals surface area contributed by atoms with Gasteiger partial charge in [-0.25, -0.2) is 0 Å². The molecular formula is C16H22BCl2NO3. The summed E-state index contributed by atoms with van der Waals surface area (Å²) in [6.45, 7) is 5.12. The van der Waals surface area contributed by atoms with Crippen molar-refractivity contribution in [1.82, 2.24) is 5.32 Å². The molecule has 0 aliphatic heterocycles. The molecule has 0 unspecified atom stereocenters. The number of benzene rings is 1. The number of amides is 1. The predicted molar refractivity (Wildman–Crippen MR) is 95.5 cm³/mol. The number of carbonyl (C=O) groups is 2. The Morgan fingerprint density at radius 3 is 2.52 bits per heavy atom. The lowest BCUT2D eigenvalue weighted by Gasteiger charge is -2.19. The summed E-state index contributed by atoms with van der Waals surface area (Å²) in [5.41, 5.74) is 0.237. The van der Waals surface area contributed by atoms with E-state index in [2.05, 4.69) is 5.32 Å². The van der Waals surface area contributed by atoms with Crippen LogP contribution in [0.3, 0.4) is 0 Å². The SMILES string of the molecule is CB(O)[C@@H](CC(=O)CNC(=O)c1cc(Cl)ccc1Cl)CC(C)C. The molecule has 126 valence electrons. The van der Waals surface area contributed by atoms with Crippen molar-refractivity contribution < 1.29 is 14.6 Å². The Hall–Kier alpha value is -1.04. The van der Waals surface area contributed by atoms with E-state index in [1.54, 1.807) is 12.9 Å². The highest BCUT2D eigenvalue weighted by Gasteiger charge is 2.23. The van der Waals surface area contributed by atoms with Crippen molar-refractivity contribution in [2.75, 3.05) is 6.54 Å². The van der Waals surface area contributed by atoms with Crippen molar-refractivity contribution in [2.24, 2.45) is 5.92 Å². The Morgan fingerprint density at radius 2 is 1.96 bits per heavy atom. The fraction of sp³-hybridized carbons (Fsp3) is 0.500. The van der Waals surface area contributed by atoms with Gasteiger partial charge in [0, 0.05) is 11.4 Å². The number of hydrogen-bond acceptors (Lipinski definition) is 3. The van der Waals surface area contributed by atoms with Crippen LogP contribution >= 0.6 is 23.2 Å². The third-order valence-corrected chi connectivity index (χ3v) is 4.13. The summed E-state index contributed by atoms with van der Waals surface area (Å²) < 4.78 is 0. The van der Waals surface area contributed by atoms with Crippen LogP contribution in [0.5, 0.6) is 0 Å². The maximum atomic E-state index is 12.1. The van der Waals surface area contributed by atoms with Crippen LogP contribution in [0.4, 0.5) is 0 Å². The molecule has 4 nitrogen and oxygen atoms in total. The maximum absolute atomic E-state index is 12.1. The normalized spacial score (nSPS) is 12.1. The average molecular weight is 358 g/mol. The quantitative estimate of drug-likeness (QED) is 0.697. The van der Waals surface area contributed by atoms with Crippen molar-refractivity contribution in [3.05, 3.63) is 33.8 Å². The summed E-state index contributed by atoms with van der Waals surface area (Å²) in [5, 5.41) is 13.0. The van der Waals surface area contributed by atoms with E-state index in [9.17, 15) is 14.6 Å². The lowest BCUT2D eigenvalue weighted by Crippen LogP contribution is -2.31. The van der Waals surface area contributed by atoms with E-state index in [-0.39, 0.29) is 35.2 Å². The molecule has 0 fully saturated rings. The fourth-order valence-electron chi connectivity index (χ4n) is 2.37. The van der Waals surface area contributed by atoms with Crippen LogP contribution < -0.4 is 5.32 Å². The zero-order chi connectivity index (χ0) is 17.6. The number of hydrogen-bond donors (Lipinski definition) is 2. The lowest BCUT2D eigenvalue weighted by atomic mass is 9.55. The zero-order valence-electron chi connectivity index (χ0n) is 13.6. The Labute approximate surface area is 147 Å². The van der Waals surface area contributed by atoms with Crippen molar-refractivity contribution in [2.45, 2.75) is 39.3 Å². The summed E-state index contributed by atoms with van der Waals surface area (Å²) >= 11 is 11.8. The summed E-state index contributed by atoms with van der Waals surface area (Å²) in [4.78, 5) is 24.1. The van der Waals surface area contributed by atoms with Gasteiger partial charge in [-0.15, -0.1) is 0 Å². The van der Waals surface area contributed by atoms with Gasteiger partial charge in [-0.3, -0.25) is 9.59 Å². The monoisotopic (exact) mass is 357 g/mol. The van der Waals surface area contributed by atoms with Gasteiger partial charge >= 0.3 is 0 Å². The highest BCUT2D eigenvalue weighted by atomic mass is 35.5. The minimum atomic E-state index is -0.556. The summed E-state index contributed by atoms with van der Waals surface area (Å²) in [5.74, 6) is -0.275. The molecule has 23 heavy (non-hydrogen) atoms. The first kappa shape index (κ1) is 20.0. The first-order valence-corrected chi connectivity index (χ1v) is 8.39. The van der Waals surface area contributed by atoms with E-state index < -0.39 is 12.8 Å². The summed E-state index contributed by atoms with van der Waals surface area (Å²) in [6.07, 6.45) is 0.997. The highest BCUT2D eigenvalue weighted by Crippen LogP contribution is 2.24. The first-order valence-electron chi connectivity index (χ1n) is 7.63. The molecule has 0 radical (unpaired) electrons. The largest absolute Gasteiger partial charge is 0.450 e. The molecule has 1 atom stereocenters. The minimum absolute atomic E-state index is 0.0943. The standard InChI is InChI=1S/C16H22BCl2NO3/c1-10(2)6-11(17(3)23)7-13(21)9-20-16(22)14-8-12(18)4-5-15(14)19/h4-5,8,10-11,23H,6-7,9H2,1-3H3,(H,20,22)/t11-/m1/s1. The molecule has 0 aromatic heterocycles. The molecule has 1 aromatic carbocycles. The Bertz CT molecular complexity index is 564. The van der Waals surface area contributed by atoms with Gasteiger partial charge in [0.05, 0.1) is 17.1 Å². The van der Waals surface area contributed by atoms with Crippen molar-refractivity contribution >= 4 is 41.8 Å². The molecule has 0 spiro atoms. The fourth-order valence-corrected chi connectivity index (χ4v) is 2.74. The van der Waals surface area contributed by atoms with Crippen molar-refractivity contribution in [1.29, 1.82) is 0 Å². The van der Waals surface area contributed by atoms with Crippen LogP contribution in [0, 0.1) is 5.92 Å². The molecule has 1 amide bonds. The van der Waals surface area contributed by atoms with Crippen molar-refractivity contribution in [3.63, 3.8) is 0 Å². The second kappa shape index (κ2) is 9.31. The maximum Gasteiger partial charge on any atom is 0.289 e. The molecular weight excluding hydrogens is 336 g/mol. The molecule has 0 saturated carbocycles. The van der Waals surface area contributed by atoms with Gasteiger partial charge in [-0.1, -0.05) is 50.3 Å². The lowest BCUT2D eigenvalue weighted by molar-refractivity contribution is -0.118. The molecule has 1 rings (SSSR count). The summed E-state index contributed by atoms with van der Waals surface area (Å²) in [7, 11) is 0. The number of nitrogens with one attached hydrogen (secondary N) is 1. The first-order chi connectivity index (χ1) is 10.7. The van der Waals surface area contributed by atoms with Crippen LogP contribution in [0.2, 0.25) is 22.7 Å². The Balaban J connectivity index is 2.58. The third-order valence-electron chi connectivity index (χ3n) is 3.57. The van der Waals surface area contributed by atoms with Gasteiger partial charge in [0.25, 0.3) is 12.8 Å². The van der Waals surface area contributed by atoms with E-state index in [4.69, 9.17) is 23.2 Å². The number of halogens is 2. The van der Waals surface area contributed by atoms with E-state index >= 15 is 0 Å². The third kappa shape index (κ3) is 6.94. The number of Topliss-reactive ketones (excluding diaryl/α,β-unsaturated/α-hetero) is 1. The van der Waals surface area contributed by atoms with E-state index in [0.717, 1.165) is 6.42 Å². The van der Waals surface area contributed by atoms with E-state index in [1.165, 1.54) is 12.1 Å². The van der Waals surface area contributed by atoms with E-state index in [0.29, 0.717) is 10.9 Å². The second-order valence-corrected chi connectivity index (χ2v) is 7.02. The molecule has 0 aliphatic carbocycles.